The Morgan fingerprint density at radius 3 is 2.45 bits per heavy atom. The van der Waals surface area contributed by atoms with Crippen LogP contribution in [0, 0.1) is 5.92 Å². The van der Waals surface area contributed by atoms with Crippen LogP contribution in [0.3, 0.4) is 0 Å². The van der Waals surface area contributed by atoms with E-state index in [1.165, 1.54) is 15.4 Å². The van der Waals surface area contributed by atoms with Crippen molar-refractivity contribution < 1.29 is 17.9 Å². The summed E-state index contributed by atoms with van der Waals surface area (Å²) in [6, 6.07) is 4.47. The van der Waals surface area contributed by atoms with Gasteiger partial charge in [0.05, 0.1) is 14.2 Å². The molecule has 1 aromatic rings. The minimum absolute atomic E-state index is 0. The lowest BCUT2D eigenvalue weighted by molar-refractivity contribution is 0.0202. The third-order valence-electron chi connectivity index (χ3n) is 6.67. The molecule has 0 saturated carbocycles. The van der Waals surface area contributed by atoms with E-state index >= 15 is 0 Å². The summed E-state index contributed by atoms with van der Waals surface area (Å²) >= 11 is 0. The fourth-order valence-electron chi connectivity index (χ4n) is 5.23. The zero-order valence-corrected chi connectivity index (χ0v) is 19.3. The van der Waals surface area contributed by atoms with Crippen LogP contribution in [0.5, 0.6) is 11.5 Å². The van der Waals surface area contributed by atoms with Gasteiger partial charge < -0.3 is 9.47 Å². The molecule has 3 heterocycles. The maximum absolute atomic E-state index is 12.9. The Hall–Kier alpha value is -1.06. The number of nitrogens with zero attached hydrogens (tertiary/aromatic N) is 3. The average molecular weight is 446 g/mol. The van der Waals surface area contributed by atoms with Gasteiger partial charge in [0.1, 0.15) is 0 Å². The van der Waals surface area contributed by atoms with Crippen LogP contribution in [0.1, 0.15) is 36.4 Å². The van der Waals surface area contributed by atoms with Gasteiger partial charge in [0, 0.05) is 45.8 Å². The Bertz CT molecular complexity index is 848. The maximum atomic E-state index is 12.9. The molecule has 1 aromatic carbocycles. The van der Waals surface area contributed by atoms with Gasteiger partial charge in [0.25, 0.3) is 10.2 Å². The van der Waals surface area contributed by atoms with E-state index in [0.717, 1.165) is 50.3 Å². The van der Waals surface area contributed by atoms with Gasteiger partial charge in [-0.05, 0) is 54.9 Å². The Labute approximate surface area is 180 Å². The van der Waals surface area contributed by atoms with Gasteiger partial charge in [0.15, 0.2) is 11.5 Å². The van der Waals surface area contributed by atoms with Gasteiger partial charge in [-0.1, -0.05) is 0 Å². The first-order valence-corrected chi connectivity index (χ1v) is 11.4. The van der Waals surface area contributed by atoms with Crippen LogP contribution in [0.2, 0.25) is 0 Å². The number of ether oxygens (including phenoxy) is 2. The van der Waals surface area contributed by atoms with Gasteiger partial charge in [-0.2, -0.15) is 17.0 Å². The number of hydrogen-bond acceptors (Lipinski definition) is 5. The van der Waals surface area contributed by atoms with Crippen LogP contribution >= 0.6 is 12.4 Å². The maximum Gasteiger partial charge on any atom is 0.281 e. The Kier molecular flexibility index (Phi) is 6.70. The van der Waals surface area contributed by atoms with E-state index in [1.807, 2.05) is 0 Å². The molecule has 9 heteroatoms. The molecule has 0 radical (unpaired) electrons. The summed E-state index contributed by atoms with van der Waals surface area (Å²) in [5.74, 6) is 1.91. The molecule has 7 nitrogen and oxygen atoms in total. The number of halogens is 1. The molecule has 0 bridgehead atoms. The van der Waals surface area contributed by atoms with E-state index in [4.69, 9.17) is 9.47 Å². The van der Waals surface area contributed by atoms with Crippen molar-refractivity contribution in [3.63, 3.8) is 0 Å². The summed E-state index contributed by atoms with van der Waals surface area (Å²) in [5, 5.41) is 0. The van der Waals surface area contributed by atoms with Gasteiger partial charge in [-0.15, -0.1) is 12.4 Å². The van der Waals surface area contributed by atoms with Gasteiger partial charge in [-0.25, -0.2) is 0 Å². The predicted molar refractivity (Wildman–Crippen MR) is 115 cm³/mol. The molecule has 0 N–H and O–H groups in total. The number of methoxy groups -OCH3 is 2. The van der Waals surface area contributed by atoms with Crippen molar-refractivity contribution in [2.75, 3.05) is 47.9 Å². The highest BCUT2D eigenvalue weighted by Crippen LogP contribution is 2.46. The molecule has 3 atom stereocenters. The smallest absolute Gasteiger partial charge is 0.281 e. The van der Waals surface area contributed by atoms with Crippen LogP contribution in [0.4, 0.5) is 0 Å². The van der Waals surface area contributed by atoms with E-state index in [0.29, 0.717) is 12.5 Å². The molecule has 2 fully saturated rings. The largest absolute Gasteiger partial charge is 0.493 e. The minimum atomic E-state index is -3.41. The molecule has 0 unspecified atom stereocenters. The quantitative estimate of drug-likeness (QED) is 0.711. The first-order valence-electron chi connectivity index (χ1n) is 10.0. The van der Waals surface area contributed by atoms with Crippen LogP contribution in [0.15, 0.2) is 12.1 Å². The van der Waals surface area contributed by atoms with Crippen molar-refractivity contribution in [3.05, 3.63) is 23.3 Å². The van der Waals surface area contributed by atoms with Crippen molar-refractivity contribution in [2.45, 2.75) is 37.8 Å². The first-order chi connectivity index (χ1) is 13.4. The van der Waals surface area contributed by atoms with Gasteiger partial charge >= 0.3 is 0 Å². The Balaban J connectivity index is 0.00000240. The van der Waals surface area contributed by atoms with Crippen LogP contribution in [-0.2, 0) is 16.6 Å². The average Bonchev–Trinajstić information content (AvgIpc) is 2.70. The van der Waals surface area contributed by atoms with Crippen molar-refractivity contribution in [1.29, 1.82) is 0 Å². The first kappa shape index (κ1) is 22.6. The molecule has 2 saturated heterocycles. The lowest BCUT2D eigenvalue weighted by Crippen LogP contribution is -2.59. The number of rotatable bonds is 4. The van der Waals surface area contributed by atoms with Crippen LogP contribution in [-0.4, -0.2) is 75.9 Å². The Morgan fingerprint density at radius 1 is 1.10 bits per heavy atom. The number of benzene rings is 1. The number of fused-ring (bicyclic) bond motifs is 4. The molecule has 4 rings (SSSR count). The summed E-state index contributed by atoms with van der Waals surface area (Å²) in [7, 11) is 3.17. The fraction of sp³-hybridized carbons (Fsp3) is 0.700. The van der Waals surface area contributed by atoms with Crippen molar-refractivity contribution in [1.82, 2.24) is 13.5 Å². The lowest BCUT2D eigenvalue weighted by atomic mass is 9.77. The van der Waals surface area contributed by atoms with Crippen molar-refractivity contribution in [3.8, 4) is 11.5 Å². The second-order valence-electron chi connectivity index (χ2n) is 8.27. The highest BCUT2D eigenvalue weighted by atomic mass is 35.5. The predicted octanol–water partition coefficient (Wildman–Crippen LogP) is 2.32. The minimum Gasteiger partial charge on any atom is -0.493 e. The van der Waals surface area contributed by atoms with Crippen molar-refractivity contribution >= 4 is 22.6 Å². The van der Waals surface area contributed by atoms with E-state index in [9.17, 15) is 8.42 Å². The third-order valence-corrected chi connectivity index (χ3v) is 8.64. The molecule has 0 amide bonds. The molecule has 0 aromatic heterocycles. The topological polar surface area (TPSA) is 62.3 Å². The fourth-order valence-corrected chi connectivity index (χ4v) is 6.61. The molecule has 29 heavy (non-hydrogen) atoms. The molecule has 0 aliphatic carbocycles. The van der Waals surface area contributed by atoms with E-state index < -0.39 is 10.2 Å². The highest BCUT2D eigenvalue weighted by molar-refractivity contribution is 7.86. The summed E-state index contributed by atoms with van der Waals surface area (Å²) in [4.78, 5) is 2.54. The zero-order chi connectivity index (χ0) is 20.1. The monoisotopic (exact) mass is 445 g/mol. The normalized spacial score (nSPS) is 27.4. The SMILES string of the molecule is COc1cc2c(cc1OC)[C@@H]1C[C@H]3[C@H](CCCN3S(=O)(=O)N(C)C)CN1CC2.Cl. The summed E-state index contributed by atoms with van der Waals surface area (Å²) in [6.07, 6.45) is 3.87. The van der Waals surface area contributed by atoms with E-state index in [2.05, 4.69) is 17.0 Å². The summed E-state index contributed by atoms with van der Waals surface area (Å²) in [5.41, 5.74) is 2.55. The zero-order valence-electron chi connectivity index (χ0n) is 17.6. The standard InChI is InChI=1S/C20H31N3O4S.ClH/c1-21(2)28(24,25)23-8-5-6-15-13-22-9-7-14-10-19(26-3)20(27-4)11-16(14)18(22)12-17(15)23;/h10-11,15,17-18H,5-9,12-13H2,1-4H3;1H/t15-,17+,18+;/m1./s1. The third kappa shape index (κ3) is 3.85. The summed E-state index contributed by atoms with van der Waals surface area (Å²) in [6.45, 7) is 2.59. The molecule has 3 aliphatic heterocycles. The van der Waals surface area contributed by atoms with E-state index in [-0.39, 0.29) is 24.5 Å². The molecular formula is C20H32ClN3O4S. The van der Waals surface area contributed by atoms with Crippen molar-refractivity contribution in [2.24, 2.45) is 5.92 Å². The Morgan fingerprint density at radius 2 is 1.79 bits per heavy atom. The van der Waals surface area contributed by atoms with Gasteiger partial charge in [0.2, 0.25) is 0 Å². The molecular weight excluding hydrogens is 414 g/mol. The van der Waals surface area contributed by atoms with Crippen LogP contribution in [0.25, 0.3) is 0 Å². The highest BCUT2D eigenvalue weighted by Gasteiger charge is 2.46. The van der Waals surface area contributed by atoms with Gasteiger partial charge in [-0.3, -0.25) is 4.90 Å². The second kappa shape index (κ2) is 8.59. The molecule has 164 valence electrons. The number of piperidine rings is 2. The second-order valence-corrected chi connectivity index (χ2v) is 10.4. The summed E-state index contributed by atoms with van der Waals surface area (Å²) < 4.78 is 40.0. The lowest BCUT2D eigenvalue weighted by Gasteiger charge is -2.52. The molecule has 3 aliphatic rings. The molecule has 0 spiro atoms. The van der Waals surface area contributed by atoms with Crippen LogP contribution < -0.4 is 9.47 Å². The van der Waals surface area contributed by atoms with E-state index in [1.54, 1.807) is 32.6 Å². The number of hydrogen-bond donors (Lipinski definition) is 0.